The second-order valence-electron chi connectivity index (χ2n) is 13.5. The molecule has 0 radical (unpaired) electrons. The normalized spacial score (nSPS) is 27.5. The zero-order chi connectivity index (χ0) is 34.1. The van der Waals surface area contributed by atoms with E-state index in [1.807, 2.05) is 13.0 Å². The smallest absolute Gasteiger partial charge is 0.265 e. The zero-order valence-electron chi connectivity index (χ0n) is 27.4. The van der Waals surface area contributed by atoms with E-state index >= 15 is 8.78 Å². The van der Waals surface area contributed by atoms with Gasteiger partial charge in [-0.05, 0) is 62.4 Å². The van der Waals surface area contributed by atoms with Crippen LogP contribution in [0.3, 0.4) is 0 Å². The van der Waals surface area contributed by atoms with Gasteiger partial charge in [-0.1, -0.05) is 0 Å². The number of fused-ring (bicyclic) bond motifs is 3. The topological polar surface area (TPSA) is 130 Å². The fourth-order valence-corrected chi connectivity index (χ4v) is 7.45. The molecule has 1 aromatic carbocycles. The van der Waals surface area contributed by atoms with Crippen molar-refractivity contribution in [3.05, 3.63) is 41.6 Å². The molecule has 11 nitrogen and oxygen atoms in total. The molecular formula is C34H40F3N7O4. The molecule has 2 aliphatic heterocycles. The van der Waals surface area contributed by atoms with Crippen LogP contribution in [0.5, 0.6) is 5.75 Å². The highest BCUT2D eigenvalue weighted by atomic mass is 19.3. The number of piperidine rings is 1. The van der Waals surface area contributed by atoms with Crippen molar-refractivity contribution in [1.82, 2.24) is 29.3 Å². The van der Waals surface area contributed by atoms with Crippen molar-refractivity contribution in [2.45, 2.75) is 69.4 Å². The molecule has 4 aromatic rings. The predicted octanol–water partition coefficient (Wildman–Crippen LogP) is 4.37. The maximum absolute atomic E-state index is 15.7. The molecular weight excluding hydrogens is 627 g/mol. The van der Waals surface area contributed by atoms with Gasteiger partial charge in [0.05, 0.1) is 49.2 Å². The number of hydrogen-bond donors (Lipinski definition) is 2. The number of nitrogens with zero attached hydrogens (tertiary/aromatic N) is 5. The van der Waals surface area contributed by atoms with Gasteiger partial charge in [-0.3, -0.25) is 9.59 Å². The van der Waals surface area contributed by atoms with Crippen LogP contribution in [-0.2, 0) is 23.1 Å². The number of methoxy groups -OCH3 is 2. The van der Waals surface area contributed by atoms with Crippen molar-refractivity contribution in [2.24, 2.45) is 24.6 Å². The molecule has 0 unspecified atom stereocenters. The van der Waals surface area contributed by atoms with Gasteiger partial charge in [-0.15, -0.1) is 0 Å². The molecule has 256 valence electrons. The van der Waals surface area contributed by atoms with E-state index in [1.165, 1.54) is 23.7 Å². The summed E-state index contributed by atoms with van der Waals surface area (Å²) in [6.45, 7) is 1.17. The highest BCUT2D eigenvalue weighted by Crippen LogP contribution is 2.44. The van der Waals surface area contributed by atoms with Crippen LogP contribution in [0.2, 0.25) is 0 Å². The monoisotopic (exact) mass is 667 g/mol. The van der Waals surface area contributed by atoms with Gasteiger partial charge in [-0.25, -0.2) is 23.1 Å². The Balaban J connectivity index is 1.31. The molecule has 1 aliphatic carbocycles. The number of aromatic nitrogens is 4. The summed E-state index contributed by atoms with van der Waals surface area (Å²) in [5.41, 5.74) is 8.64. The van der Waals surface area contributed by atoms with E-state index in [2.05, 4.69) is 5.32 Å². The van der Waals surface area contributed by atoms with Crippen molar-refractivity contribution in [3.63, 3.8) is 0 Å². The van der Waals surface area contributed by atoms with Crippen LogP contribution in [0.15, 0.2) is 30.3 Å². The number of pyridine rings is 1. The highest BCUT2D eigenvalue weighted by molar-refractivity contribution is 6.00. The SMILES string of the molecule is COc1cc(C(=O)N2C[C@H](N)[C@H](OC)[C@@H](F)C2)cc2nc(-c3cc4ccc5nc4n3CC(F)(F)CCC[C@@H]3C[C@H]3C(=O)N[C@@H]5C)n(C)c12. The van der Waals surface area contributed by atoms with Gasteiger partial charge in [0.15, 0.2) is 5.82 Å². The number of halogens is 3. The maximum atomic E-state index is 15.7. The van der Waals surface area contributed by atoms with Crippen LogP contribution in [0.1, 0.15) is 54.7 Å². The van der Waals surface area contributed by atoms with Crippen molar-refractivity contribution >= 4 is 33.9 Å². The van der Waals surface area contributed by atoms with E-state index in [4.69, 9.17) is 25.2 Å². The minimum atomic E-state index is -3.05. The first-order valence-corrected chi connectivity index (χ1v) is 16.3. The number of rotatable bonds is 4. The number of ether oxygens (including phenoxy) is 2. The lowest BCUT2D eigenvalue weighted by molar-refractivity contribution is -0.123. The van der Waals surface area contributed by atoms with Crippen LogP contribution >= 0.6 is 0 Å². The van der Waals surface area contributed by atoms with Gasteiger partial charge in [0.1, 0.15) is 29.2 Å². The van der Waals surface area contributed by atoms with Crippen molar-refractivity contribution in [3.8, 4) is 17.3 Å². The maximum Gasteiger partial charge on any atom is 0.265 e. The lowest BCUT2D eigenvalue weighted by Gasteiger charge is -2.38. The predicted molar refractivity (Wildman–Crippen MR) is 173 cm³/mol. The molecule has 48 heavy (non-hydrogen) atoms. The third-order valence-electron chi connectivity index (χ3n) is 10.1. The Labute approximate surface area is 275 Å². The van der Waals surface area contributed by atoms with Gasteiger partial charge in [0.2, 0.25) is 5.91 Å². The first-order chi connectivity index (χ1) is 22.9. The Morgan fingerprint density at radius 3 is 2.67 bits per heavy atom. The van der Waals surface area contributed by atoms with E-state index in [9.17, 15) is 14.0 Å². The van der Waals surface area contributed by atoms with Gasteiger partial charge < -0.3 is 34.6 Å². The number of carbonyl (C=O) groups is 2. The van der Waals surface area contributed by atoms with Crippen LogP contribution in [0.4, 0.5) is 13.2 Å². The largest absolute Gasteiger partial charge is 0.494 e. The molecule has 3 N–H and O–H groups in total. The quantitative estimate of drug-likeness (QED) is 0.331. The number of benzene rings is 1. The molecule has 3 aliphatic rings. The summed E-state index contributed by atoms with van der Waals surface area (Å²) in [6.07, 6.45) is -0.967. The fourth-order valence-electron chi connectivity index (χ4n) is 7.45. The number of hydrogen-bond acceptors (Lipinski definition) is 7. The summed E-state index contributed by atoms with van der Waals surface area (Å²) in [6, 6.07) is 7.46. The lowest BCUT2D eigenvalue weighted by atomic mass is 10.00. The van der Waals surface area contributed by atoms with E-state index in [0.717, 1.165) is 6.42 Å². The molecule has 5 heterocycles. The fraction of sp³-hybridized carbons (Fsp3) is 0.529. The van der Waals surface area contributed by atoms with Gasteiger partial charge in [0.25, 0.3) is 11.8 Å². The first-order valence-electron chi connectivity index (χ1n) is 16.3. The Bertz CT molecular complexity index is 1900. The molecule has 2 amide bonds. The van der Waals surface area contributed by atoms with Crippen LogP contribution in [0, 0.1) is 11.8 Å². The molecule has 7 rings (SSSR count). The Morgan fingerprint density at radius 1 is 1.15 bits per heavy atom. The third-order valence-corrected chi connectivity index (χ3v) is 10.1. The number of aryl methyl sites for hydroxylation is 1. The van der Waals surface area contributed by atoms with Gasteiger partial charge in [-0.2, -0.15) is 0 Å². The van der Waals surface area contributed by atoms with Crippen LogP contribution < -0.4 is 15.8 Å². The molecule has 6 atom stereocenters. The number of amides is 2. The Morgan fingerprint density at radius 2 is 1.94 bits per heavy atom. The molecule has 3 aromatic heterocycles. The molecule has 1 saturated heterocycles. The zero-order valence-corrected chi connectivity index (χ0v) is 27.4. The van der Waals surface area contributed by atoms with Crippen molar-refractivity contribution in [2.75, 3.05) is 27.3 Å². The van der Waals surface area contributed by atoms with E-state index < -0.39 is 42.7 Å². The number of nitrogens with two attached hydrogens (primary N) is 1. The summed E-state index contributed by atoms with van der Waals surface area (Å²) in [5.74, 6) is -2.83. The molecule has 1 saturated carbocycles. The minimum absolute atomic E-state index is 0.0624. The third kappa shape index (κ3) is 5.68. The first kappa shape index (κ1) is 32.4. The van der Waals surface area contributed by atoms with Crippen molar-refractivity contribution in [1.29, 1.82) is 0 Å². The number of imidazole rings is 1. The summed E-state index contributed by atoms with van der Waals surface area (Å²) < 4.78 is 60.4. The molecule has 2 fully saturated rings. The summed E-state index contributed by atoms with van der Waals surface area (Å²) >= 11 is 0. The highest BCUT2D eigenvalue weighted by Gasteiger charge is 2.44. The summed E-state index contributed by atoms with van der Waals surface area (Å²) in [4.78, 5) is 37.4. The Kier molecular flexibility index (Phi) is 8.14. The van der Waals surface area contributed by atoms with E-state index in [1.54, 1.807) is 35.9 Å². The second kappa shape index (κ2) is 12.1. The molecule has 0 spiro atoms. The van der Waals surface area contributed by atoms with Crippen LogP contribution in [0.25, 0.3) is 33.6 Å². The lowest BCUT2D eigenvalue weighted by Crippen LogP contribution is -2.59. The van der Waals surface area contributed by atoms with Gasteiger partial charge in [0, 0.05) is 44.0 Å². The number of carbonyl (C=O) groups excluding carboxylic acids is 2. The Hall–Kier alpha value is -4.17. The van der Waals surface area contributed by atoms with Crippen molar-refractivity contribution < 1.29 is 32.2 Å². The number of nitrogens with one attached hydrogen (secondary N) is 1. The number of likely N-dealkylation sites (tertiary alicyclic amines) is 1. The molecule has 14 heteroatoms. The van der Waals surface area contributed by atoms with E-state index in [0.29, 0.717) is 57.9 Å². The average Bonchev–Trinajstić information content (AvgIpc) is 3.64. The average molecular weight is 668 g/mol. The summed E-state index contributed by atoms with van der Waals surface area (Å²) in [5, 5.41) is 3.70. The molecule has 2 bridgehead atoms. The van der Waals surface area contributed by atoms with Crippen LogP contribution in [-0.4, -0.2) is 87.4 Å². The van der Waals surface area contributed by atoms with Gasteiger partial charge >= 0.3 is 0 Å². The number of alkyl halides is 3. The summed E-state index contributed by atoms with van der Waals surface area (Å²) in [7, 11) is 4.62. The second-order valence-corrected chi connectivity index (χ2v) is 13.5. The minimum Gasteiger partial charge on any atom is -0.494 e. The standard InChI is InChI=1S/C34H40F3N7O4/c1-17-24-8-7-19-12-26(44(30(19)40-24)16-34(36,37)9-5-6-18-10-21(18)32(45)39-17)31-41-25-11-20(13-27(47-3)28(25)42(31)2)33(46)43-14-22(35)29(48-4)23(38)15-43/h7-8,11-13,17-18,21-23,29H,5-6,9-10,14-16,38H2,1-4H3,(H,39,45)/t17-,18-,21-,22+,23+,29-/m1/s1. The van der Waals surface area contributed by atoms with E-state index in [-0.39, 0.29) is 42.8 Å².